The van der Waals surface area contributed by atoms with Gasteiger partial charge in [0.1, 0.15) is 11.5 Å². The van der Waals surface area contributed by atoms with Gasteiger partial charge < -0.3 is 4.74 Å². The van der Waals surface area contributed by atoms with Crippen molar-refractivity contribution in [3.8, 4) is 5.75 Å². The van der Waals surface area contributed by atoms with E-state index in [-0.39, 0.29) is 11.7 Å². The van der Waals surface area contributed by atoms with Gasteiger partial charge in [-0.3, -0.25) is 4.79 Å². The van der Waals surface area contributed by atoms with Crippen molar-refractivity contribution in [2.24, 2.45) is 5.92 Å². The lowest BCUT2D eigenvalue weighted by atomic mass is 9.93. The Morgan fingerprint density at radius 1 is 1.29 bits per heavy atom. The second kappa shape index (κ2) is 5.85. The van der Waals surface area contributed by atoms with Crippen LogP contribution < -0.4 is 4.74 Å². The lowest BCUT2D eigenvalue weighted by molar-refractivity contribution is -0.120. The molecular formula is C15H22O2. The van der Waals surface area contributed by atoms with Crippen molar-refractivity contribution < 1.29 is 9.53 Å². The molecule has 2 nitrogen and oxygen atoms in total. The quantitative estimate of drug-likeness (QED) is 0.778. The number of methoxy groups -OCH3 is 1. The van der Waals surface area contributed by atoms with Crippen molar-refractivity contribution in [2.75, 3.05) is 7.11 Å². The molecule has 0 spiro atoms. The summed E-state index contributed by atoms with van der Waals surface area (Å²) in [5.41, 5.74) is 2.41. The van der Waals surface area contributed by atoms with Gasteiger partial charge in [0, 0.05) is 5.92 Å². The van der Waals surface area contributed by atoms with E-state index in [4.69, 9.17) is 4.74 Å². The van der Waals surface area contributed by atoms with E-state index in [0.717, 1.165) is 12.2 Å². The molecule has 0 saturated carbocycles. The van der Waals surface area contributed by atoms with Gasteiger partial charge in [0.25, 0.3) is 0 Å². The molecule has 1 aromatic rings. The summed E-state index contributed by atoms with van der Waals surface area (Å²) in [6, 6.07) is 6.20. The summed E-state index contributed by atoms with van der Waals surface area (Å²) in [7, 11) is 1.69. The van der Waals surface area contributed by atoms with Crippen molar-refractivity contribution in [1.82, 2.24) is 0 Å². The summed E-state index contributed by atoms with van der Waals surface area (Å²) in [6.45, 7) is 7.92. The lowest BCUT2D eigenvalue weighted by Crippen LogP contribution is -2.10. The molecular weight excluding hydrogens is 212 g/mol. The fourth-order valence-electron chi connectivity index (χ4n) is 1.86. The van der Waals surface area contributed by atoms with Gasteiger partial charge in [-0.2, -0.15) is 0 Å². The summed E-state index contributed by atoms with van der Waals surface area (Å²) in [6.07, 6.45) is 0.805. The minimum absolute atomic E-state index is 0.0865. The van der Waals surface area contributed by atoms with Gasteiger partial charge >= 0.3 is 0 Å². The molecule has 0 bridgehead atoms. The van der Waals surface area contributed by atoms with Crippen molar-refractivity contribution in [3.63, 3.8) is 0 Å². The Hall–Kier alpha value is -1.31. The van der Waals surface area contributed by atoms with Crippen LogP contribution >= 0.6 is 0 Å². The van der Waals surface area contributed by atoms with E-state index in [2.05, 4.69) is 19.9 Å². The Bertz CT molecular complexity index is 394. The highest BCUT2D eigenvalue weighted by atomic mass is 16.5. The van der Waals surface area contributed by atoms with Crippen LogP contribution in [0.15, 0.2) is 18.2 Å². The number of hydrogen-bond donors (Lipinski definition) is 0. The average Bonchev–Trinajstić information content (AvgIpc) is 2.28. The molecule has 1 unspecified atom stereocenters. The third kappa shape index (κ3) is 3.58. The number of rotatable bonds is 5. The summed E-state index contributed by atoms with van der Waals surface area (Å²) < 4.78 is 5.35. The fraction of sp³-hybridized carbons (Fsp3) is 0.533. The van der Waals surface area contributed by atoms with Gasteiger partial charge in [0.05, 0.1) is 7.11 Å². The van der Waals surface area contributed by atoms with E-state index in [0.29, 0.717) is 5.92 Å². The van der Waals surface area contributed by atoms with Gasteiger partial charge in [-0.05, 0) is 36.5 Å². The number of carbonyl (C=O) groups is 1. The molecule has 0 aliphatic heterocycles. The molecule has 17 heavy (non-hydrogen) atoms. The molecule has 0 aliphatic carbocycles. The van der Waals surface area contributed by atoms with Gasteiger partial charge in [-0.15, -0.1) is 0 Å². The van der Waals surface area contributed by atoms with Crippen molar-refractivity contribution in [1.29, 1.82) is 0 Å². The maximum atomic E-state index is 11.3. The van der Waals surface area contributed by atoms with E-state index in [9.17, 15) is 4.79 Å². The van der Waals surface area contributed by atoms with E-state index in [1.165, 1.54) is 11.1 Å². The van der Waals surface area contributed by atoms with Crippen LogP contribution in [0.3, 0.4) is 0 Å². The normalized spacial score (nSPS) is 12.6. The summed E-state index contributed by atoms with van der Waals surface area (Å²) in [4.78, 5) is 11.3. The molecule has 0 aliphatic rings. The van der Waals surface area contributed by atoms with E-state index < -0.39 is 0 Å². The van der Waals surface area contributed by atoms with E-state index in [1.807, 2.05) is 19.1 Å². The fourth-order valence-corrected chi connectivity index (χ4v) is 1.86. The molecule has 0 saturated heterocycles. The van der Waals surface area contributed by atoms with Crippen LogP contribution in [0.2, 0.25) is 0 Å². The summed E-state index contributed by atoms with van der Waals surface area (Å²) >= 11 is 0. The third-order valence-corrected chi connectivity index (χ3v) is 3.15. The van der Waals surface area contributed by atoms with Crippen molar-refractivity contribution >= 4 is 5.78 Å². The van der Waals surface area contributed by atoms with Crippen LogP contribution in [0.4, 0.5) is 0 Å². The first kappa shape index (κ1) is 13.8. The highest BCUT2D eigenvalue weighted by Crippen LogP contribution is 2.28. The monoisotopic (exact) mass is 234 g/mol. The van der Waals surface area contributed by atoms with Crippen LogP contribution in [0.25, 0.3) is 0 Å². The first-order valence-electron chi connectivity index (χ1n) is 6.13. The molecule has 0 N–H and O–H groups in total. The molecule has 0 fully saturated rings. The highest BCUT2D eigenvalue weighted by molar-refractivity contribution is 5.78. The van der Waals surface area contributed by atoms with E-state index >= 15 is 0 Å². The maximum Gasteiger partial charge on any atom is 0.132 e. The highest BCUT2D eigenvalue weighted by Gasteiger charge is 2.12. The molecule has 94 valence electrons. The Labute approximate surface area is 104 Å². The van der Waals surface area contributed by atoms with Gasteiger partial charge in [0.15, 0.2) is 0 Å². The Morgan fingerprint density at radius 3 is 2.41 bits per heavy atom. The number of Topliss-reactive ketones (excluding diaryl/α,β-unsaturated/α-hetero) is 1. The zero-order valence-corrected chi connectivity index (χ0v) is 11.4. The predicted octanol–water partition coefficient (Wildman–Crippen LogP) is 3.59. The van der Waals surface area contributed by atoms with Gasteiger partial charge in [-0.1, -0.05) is 32.9 Å². The standard InChI is InChI=1S/C15H22O2/c1-10(2)14-9-13(6-7-15(14)17-5)8-11(3)12(4)16/h6-7,9-11H,8H2,1-5H3. The van der Waals surface area contributed by atoms with Crippen molar-refractivity contribution in [3.05, 3.63) is 29.3 Å². The topological polar surface area (TPSA) is 26.3 Å². The van der Waals surface area contributed by atoms with Crippen LogP contribution in [0, 0.1) is 5.92 Å². The third-order valence-electron chi connectivity index (χ3n) is 3.15. The summed E-state index contributed by atoms with van der Waals surface area (Å²) in [5, 5.41) is 0. The Morgan fingerprint density at radius 2 is 1.94 bits per heavy atom. The Balaban J connectivity index is 2.96. The summed E-state index contributed by atoms with van der Waals surface area (Å²) in [5.74, 6) is 1.69. The van der Waals surface area contributed by atoms with Gasteiger partial charge in [-0.25, -0.2) is 0 Å². The zero-order valence-electron chi connectivity index (χ0n) is 11.4. The predicted molar refractivity (Wildman–Crippen MR) is 70.6 cm³/mol. The molecule has 0 amide bonds. The smallest absolute Gasteiger partial charge is 0.132 e. The molecule has 1 rings (SSSR count). The van der Waals surface area contributed by atoms with Gasteiger partial charge in [0.2, 0.25) is 0 Å². The zero-order chi connectivity index (χ0) is 13.0. The SMILES string of the molecule is COc1ccc(CC(C)C(C)=O)cc1C(C)C. The molecule has 2 heteroatoms. The average molecular weight is 234 g/mol. The second-order valence-corrected chi connectivity index (χ2v) is 4.95. The van der Waals surface area contributed by atoms with E-state index in [1.54, 1.807) is 14.0 Å². The minimum Gasteiger partial charge on any atom is -0.496 e. The van der Waals surface area contributed by atoms with Crippen LogP contribution in [-0.2, 0) is 11.2 Å². The van der Waals surface area contributed by atoms with Crippen molar-refractivity contribution in [2.45, 2.75) is 40.0 Å². The number of hydrogen-bond acceptors (Lipinski definition) is 2. The minimum atomic E-state index is 0.0865. The lowest BCUT2D eigenvalue weighted by Gasteiger charge is -2.15. The molecule has 1 aromatic carbocycles. The molecule has 0 aromatic heterocycles. The van der Waals surface area contributed by atoms with Crippen LogP contribution in [0.1, 0.15) is 44.7 Å². The second-order valence-electron chi connectivity index (χ2n) is 4.95. The molecule has 0 radical (unpaired) electrons. The Kier molecular flexibility index (Phi) is 4.73. The molecule has 0 heterocycles. The first-order chi connectivity index (χ1) is 7.95. The first-order valence-corrected chi connectivity index (χ1v) is 6.13. The molecule has 1 atom stereocenters. The largest absolute Gasteiger partial charge is 0.496 e. The van der Waals surface area contributed by atoms with Crippen LogP contribution in [-0.4, -0.2) is 12.9 Å². The number of benzene rings is 1. The number of ketones is 1. The van der Waals surface area contributed by atoms with Crippen LogP contribution in [0.5, 0.6) is 5.75 Å². The number of ether oxygens (including phenoxy) is 1. The maximum absolute atomic E-state index is 11.3. The number of carbonyl (C=O) groups excluding carboxylic acids is 1.